The maximum atomic E-state index is 13.3. The summed E-state index contributed by atoms with van der Waals surface area (Å²) in [7, 11) is 0. The van der Waals surface area contributed by atoms with E-state index >= 15 is 0 Å². The monoisotopic (exact) mass is 493 g/mol. The lowest BCUT2D eigenvalue weighted by Gasteiger charge is -2.37. The molecule has 2 N–H and O–H groups in total. The van der Waals surface area contributed by atoms with Crippen LogP contribution in [0.1, 0.15) is 19.3 Å². The fraction of sp³-hybridized carbons (Fsp3) is 0.500. The predicted octanol–water partition coefficient (Wildman–Crippen LogP) is 0.953. The number of aromatic nitrogens is 5. The van der Waals surface area contributed by atoms with E-state index in [1.165, 1.54) is 10.8 Å². The summed E-state index contributed by atoms with van der Waals surface area (Å²) in [4.78, 5) is 42.7. The molecular formula is C20H22F3N9O3. The molecule has 0 unspecified atom stereocenters. The molecular weight excluding hydrogens is 471 g/mol. The van der Waals surface area contributed by atoms with E-state index in [0.717, 1.165) is 11.3 Å². The summed E-state index contributed by atoms with van der Waals surface area (Å²) in [6.07, 6.45) is -3.28. The van der Waals surface area contributed by atoms with E-state index in [-0.39, 0.29) is 49.8 Å². The van der Waals surface area contributed by atoms with Crippen LogP contribution in [0.4, 0.5) is 25.1 Å². The molecule has 2 saturated heterocycles. The first-order valence-electron chi connectivity index (χ1n) is 11.0. The number of nitrogen functional groups attached to an aromatic ring is 1. The number of nitrogens with zero attached hydrogens (tertiary/aromatic N) is 8. The molecule has 0 aromatic carbocycles. The molecule has 2 aliphatic rings. The van der Waals surface area contributed by atoms with Crippen LogP contribution >= 0.6 is 0 Å². The van der Waals surface area contributed by atoms with Crippen molar-refractivity contribution in [2.24, 2.45) is 0 Å². The van der Waals surface area contributed by atoms with E-state index in [2.05, 4.69) is 20.1 Å². The number of halogens is 3. The number of carbonyl (C=O) groups excluding carboxylic acids is 2. The van der Waals surface area contributed by atoms with Gasteiger partial charge < -0.3 is 24.9 Å². The molecule has 186 valence electrons. The van der Waals surface area contributed by atoms with Gasteiger partial charge in [-0.2, -0.15) is 32.6 Å². The van der Waals surface area contributed by atoms with Gasteiger partial charge in [-0.15, -0.1) is 5.10 Å². The third-order valence-corrected chi connectivity index (χ3v) is 6.05. The van der Waals surface area contributed by atoms with E-state index in [1.807, 2.05) is 0 Å². The van der Waals surface area contributed by atoms with E-state index < -0.39 is 24.5 Å². The van der Waals surface area contributed by atoms with Gasteiger partial charge in [0.2, 0.25) is 29.5 Å². The molecule has 3 aromatic heterocycles. The number of amides is 2. The van der Waals surface area contributed by atoms with Crippen LogP contribution in [0.25, 0.3) is 17.4 Å². The highest BCUT2D eigenvalue weighted by Crippen LogP contribution is 2.27. The van der Waals surface area contributed by atoms with Gasteiger partial charge in [-0.05, 0) is 25.0 Å². The standard InChI is InChI=1S/C20H22F3N9O3/c21-20(22,23)11-14(33)29-6-8-30(9-7-29)16(34)12-3-1-5-31(12)18-26-17(24)32-19(27-18)25-15(28-32)13-4-2-10-35-13/h2,4,10,12H,1,3,5-9,11H2,(H2,24,25,26,27,28)/t12-/m0/s1. The Morgan fingerprint density at radius 3 is 2.51 bits per heavy atom. The largest absolute Gasteiger partial charge is 0.461 e. The summed E-state index contributed by atoms with van der Waals surface area (Å²) in [5, 5.41) is 4.26. The molecule has 35 heavy (non-hydrogen) atoms. The molecule has 0 saturated carbocycles. The number of piperazine rings is 1. The van der Waals surface area contributed by atoms with Crippen LogP contribution in [0, 0.1) is 0 Å². The van der Waals surface area contributed by atoms with Gasteiger partial charge in [0.15, 0.2) is 5.76 Å². The molecule has 3 aromatic rings. The highest BCUT2D eigenvalue weighted by Gasteiger charge is 2.38. The number of furan rings is 1. The van der Waals surface area contributed by atoms with Crippen molar-refractivity contribution >= 4 is 29.5 Å². The Hall–Kier alpha value is -3.91. The lowest BCUT2D eigenvalue weighted by Crippen LogP contribution is -2.55. The van der Waals surface area contributed by atoms with Crippen molar-refractivity contribution < 1.29 is 27.2 Å². The van der Waals surface area contributed by atoms with Gasteiger partial charge in [0.05, 0.1) is 6.26 Å². The molecule has 1 atom stereocenters. The highest BCUT2D eigenvalue weighted by molar-refractivity contribution is 5.86. The molecule has 0 bridgehead atoms. The second-order valence-corrected chi connectivity index (χ2v) is 8.36. The smallest absolute Gasteiger partial charge is 0.397 e. The Morgan fingerprint density at radius 2 is 1.83 bits per heavy atom. The normalized spacial score (nSPS) is 19.1. The van der Waals surface area contributed by atoms with Crippen LogP contribution in [0.15, 0.2) is 22.8 Å². The Bertz CT molecular complexity index is 1240. The molecule has 5 heterocycles. The molecule has 2 amide bonds. The quantitative estimate of drug-likeness (QED) is 0.563. The van der Waals surface area contributed by atoms with Crippen molar-refractivity contribution in [1.82, 2.24) is 34.4 Å². The molecule has 12 nitrogen and oxygen atoms in total. The van der Waals surface area contributed by atoms with E-state index in [4.69, 9.17) is 10.2 Å². The Morgan fingerprint density at radius 1 is 1.09 bits per heavy atom. The van der Waals surface area contributed by atoms with Crippen molar-refractivity contribution in [3.05, 3.63) is 18.4 Å². The molecule has 0 radical (unpaired) electrons. The maximum Gasteiger partial charge on any atom is 0.397 e. The number of nitrogens with two attached hydrogens (primary N) is 1. The molecule has 2 fully saturated rings. The zero-order valence-electron chi connectivity index (χ0n) is 18.5. The van der Waals surface area contributed by atoms with Gasteiger partial charge in [-0.25, -0.2) is 0 Å². The van der Waals surface area contributed by atoms with Crippen LogP contribution in [-0.2, 0) is 9.59 Å². The van der Waals surface area contributed by atoms with Crippen LogP contribution in [0.5, 0.6) is 0 Å². The van der Waals surface area contributed by atoms with Crippen LogP contribution in [-0.4, -0.2) is 91.1 Å². The minimum Gasteiger partial charge on any atom is -0.461 e. The second kappa shape index (κ2) is 8.70. The number of rotatable bonds is 4. The zero-order valence-corrected chi connectivity index (χ0v) is 18.5. The van der Waals surface area contributed by atoms with E-state index in [9.17, 15) is 22.8 Å². The maximum absolute atomic E-state index is 13.3. The highest BCUT2D eigenvalue weighted by atomic mass is 19.4. The number of hydrogen-bond acceptors (Lipinski definition) is 9. The fourth-order valence-corrected chi connectivity index (χ4v) is 4.37. The first-order chi connectivity index (χ1) is 16.7. The van der Waals surface area contributed by atoms with E-state index in [0.29, 0.717) is 24.6 Å². The number of hydrogen-bond donors (Lipinski definition) is 1. The minimum atomic E-state index is -4.56. The van der Waals surface area contributed by atoms with E-state index in [1.54, 1.807) is 21.9 Å². The van der Waals surface area contributed by atoms with Crippen molar-refractivity contribution in [2.75, 3.05) is 43.4 Å². The summed E-state index contributed by atoms with van der Waals surface area (Å²) in [6, 6.07) is 2.85. The summed E-state index contributed by atoms with van der Waals surface area (Å²) < 4.78 is 44.2. The predicted molar refractivity (Wildman–Crippen MR) is 115 cm³/mol. The van der Waals surface area contributed by atoms with Crippen molar-refractivity contribution in [3.8, 4) is 11.6 Å². The molecule has 5 rings (SSSR count). The van der Waals surface area contributed by atoms with Crippen LogP contribution < -0.4 is 10.6 Å². The third-order valence-electron chi connectivity index (χ3n) is 6.05. The summed E-state index contributed by atoms with van der Waals surface area (Å²) in [5.74, 6) is 0.0533. The van der Waals surface area contributed by atoms with Gasteiger partial charge in [-0.3, -0.25) is 9.59 Å². The summed E-state index contributed by atoms with van der Waals surface area (Å²) in [5.41, 5.74) is 6.08. The Labute approximate surface area is 196 Å². The minimum absolute atomic E-state index is 0.0465. The van der Waals surface area contributed by atoms with Crippen molar-refractivity contribution in [1.29, 1.82) is 0 Å². The number of fused-ring (bicyclic) bond motifs is 1. The first kappa shape index (κ1) is 22.9. The average Bonchev–Trinajstić information content (AvgIpc) is 3.57. The summed E-state index contributed by atoms with van der Waals surface area (Å²) in [6.45, 7) is 0.947. The molecule has 15 heteroatoms. The van der Waals surface area contributed by atoms with Gasteiger partial charge in [0, 0.05) is 32.7 Å². The second-order valence-electron chi connectivity index (χ2n) is 8.36. The topological polar surface area (TPSA) is 139 Å². The summed E-state index contributed by atoms with van der Waals surface area (Å²) >= 11 is 0. The number of carbonyl (C=O) groups is 2. The van der Waals surface area contributed by atoms with Crippen LogP contribution in [0.2, 0.25) is 0 Å². The van der Waals surface area contributed by atoms with Crippen molar-refractivity contribution in [2.45, 2.75) is 31.5 Å². The molecule has 2 aliphatic heterocycles. The average molecular weight is 493 g/mol. The van der Waals surface area contributed by atoms with Gasteiger partial charge >= 0.3 is 6.18 Å². The fourth-order valence-electron chi connectivity index (χ4n) is 4.37. The van der Waals surface area contributed by atoms with Gasteiger partial charge in [0.1, 0.15) is 12.5 Å². The number of anilines is 2. The van der Waals surface area contributed by atoms with Crippen molar-refractivity contribution in [3.63, 3.8) is 0 Å². The van der Waals surface area contributed by atoms with Gasteiger partial charge in [-0.1, -0.05) is 0 Å². The lowest BCUT2D eigenvalue weighted by molar-refractivity contribution is -0.163. The molecule has 0 aliphatic carbocycles. The Balaban J connectivity index is 1.30. The first-order valence-corrected chi connectivity index (χ1v) is 11.0. The molecule has 0 spiro atoms. The third kappa shape index (κ3) is 4.57. The van der Waals surface area contributed by atoms with Gasteiger partial charge in [0.25, 0.3) is 5.78 Å². The Kier molecular flexibility index (Phi) is 5.68. The number of alkyl halides is 3. The zero-order chi connectivity index (χ0) is 24.7. The van der Waals surface area contributed by atoms with Crippen LogP contribution in [0.3, 0.4) is 0 Å². The SMILES string of the molecule is Nc1nc(N2CCC[C@H]2C(=O)N2CCN(C(=O)CC(F)(F)F)CC2)nc2nc(-c3ccco3)nn12. The lowest BCUT2D eigenvalue weighted by atomic mass is 10.1.